The fourth-order valence-corrected chi connectivity index (χ4v) is 1.06. The molecule has 0 saturated carbocycles. The van der Waals surface area contributed by atoms with Crippen molar-refractivity contribution >= 4 is 28.0 Å². The number of aliphatic imine (C=N–C) groups is 1. The van der Waals surface area contributed by atoms with Crippen LogP contribution in [-0.2, 0) is 0 Å². The third kappa shape index (κ3) is 2.01. The van der Waals surface area contributed by atoms with Gasteiger partial charge in [0, 0.05) is 29.5 Å². The van der Waals surface area contributed by atoms with Crippen LogP contribution in [0.25, 0.3) is 0 Å². The van der Waals surface area contributed by atoms with Crippen molar-refractivity contribution in [3.8, 4) is 0 Å². The van der Waals surface area contributed by atoms with Crippen molar-refractivity contribution in [3.63, 3.8) is 0 Å². The van der Waals surface area contributed by atoms with E-state index in [1.165, 1.54) is 0 Å². The molecule has 0 atom stereocenters. The van der Waals surface area contributed by atoms with E-state index < -0.39 is 0 Å². The molecule has 3 nitrogen and oxygen atoms in total. The summed E-state index contributed by atoms with van der Waals surface area (Å²) in [6.45, 7) is 0. The van der Waals surface area contributed by atoms with Crippen molar-refractivity contribution in [2.75, 3.05) is 12.8 Å². The van der Waals surface area contributed by atoms with Gasteiger partial charge < -0.3 is 5.73 Å². The van der Waals surface area contributed by atoms with Gasteiger partial charge in [-0.05, 0) is 22.0 Å². The molecule has 1 aromatic rings. The molecule has 4 heteroatoms. The largest absolute Gasteiger partial charge is 0.383 e. The maximum Gasteiger partial charge on any atom is 0.132 e. The summed E-state index contributed by atoms with van der Waals surface area (Å²) in [5.74, 6) is 0.499. The molecule has 1 heterocycles. The number of nitrogens with two attached hydrogens (primary N) is 1. The lowest BCUT2D eigenvalue weighted by Gasteiger charge is -1.97. The number of nitrogen functional groups attached to an aromatic ring is 1. The maximum atomic E-state index is 5.55. The summed E-state index contributed by atoms with van der Waals surface area (Å²) in [6, 6.07) is 1.87. The monoisotopic (exact) mass is 213 g/mol. The molecule has 0 aliphatic heterocycles. The van der Waals surface area contributed by atoms with Crippen molar-refractivity contribution in [3.05, 3.63) is 22.3 Å². The van der Waals surface area contributed by atoms with Gasteiger partial charge in [-0.2, -0.15) is 0 Å². The van der Waals surface area contributed by atoms with E-state index >= 15 is 0 Å². The van der Waals surface area contributed by atoms with E-state index in [2.05, 4.69) is 25.9 Å². The predicted octanol–water partition coefficient (Wildman–Crippen LogP) is 1.47. The maximum absolute atomic E-state index is 5.55. The molecule has 0 fully saturated rings. The highest BCUT2D eigenvalue weighted by molar-refractivity contribution is 9.10. The van der Waals surface area contributed by atoms with Crippen LogP contribution < -0.4 is 5.73 Å². The van der Waals surface area contributed by atoms with Crippen LogP contribution in [0.5, 0.6) is 0 Å². The quantitative estimate of drug-likeness (QED) is 0.719. The molecule has 0 spiro atoms. The fourth-order valence-electron chi connectivity index (χ4n) is 0.708. The molecule has 0 aliphatic rings. The van der Waals surface area contributed by atoms with Gasteiger partial charge in [0.05, 0.1) is 0 Å². The predicted molar refractivity (Wildman–Crippen MR) is 49.9 cm³/mol. The zero-order chi connectivity index (χ0) is 8.27. The standard InChI is InChI=1S/C7H8BrN3/c1-10-3-5-2-6(8)4-11-7(5)9/h2-4H,1H3,(H2,9,11). The van der Waals surface area contributed by atoms with E-state index in [9.17, 15) is 0 Å². The van der Waals surface area contributed by atoms with Gasteiger partial charge in [-0.3, -0.25) is 4.99 Å². The van der Waals surface area contributed by atoms with Crippen LogP contribution in [0.3, 0.4) is 0 Å². The van der Waals surface area contributed by atoms with Gasteiger partial charge in [0.25, 0.3) is 0 Å². The number of nitrogens with zero attached hydrogens (tertiary/aromatic N) is 2. The number of rotatable bonds is 1. The highest BCUT2D eigenvalue weighted by atomic mass is 79.9. The number of hydrogen-bond donors (Lipinski definition) is 1. The Hall–Kier alpha value is -0.900. The second-order valence-corrected chi connectivity index (χ2v) is 2.93. The lowest BCUT2D eigenvalue weighted by molar-refractivity contribution is 1.30. The first-order valence-corrected chi connectivity index (χ1v) is 3.86. The van der Waals surface area contributed by atoms with Crippen LogP contribution >= 0.6 is 15.9 Å². The number of anilines is 1. The first-order chi connectivity index (χ1) is 5.24. The van der Waals surface area contributed by atoms with Crippen molar-refractivity contribution in [1.82, 2.24) is 4.98 Å². The van der Waals surface area contributed by atoms with Crippen LogP contribution in [0.2, 0.25) is 0 Å². The average Bonchev–Trinajstić information content (AvgIpc) is 1.98. The summed E-state index contributed by atoms with van der Waals surface area (Å²) in [7, 11) is 1.69. The number of aromatic nitrogens is 1. The first-order valence-electron chi connectivity index (χ1n) is 3.07. The SMILES string of the molecule is CN=Cc1cc(Br)cnc1N. The minimum absolute atomic E-state index is 0.499. The molecule has 1 aromatic heterocycles. The van der Waals surface area contributed by atoms with E-state index in [1.54, 1.807) is 19.5 Å². The molecule has 0 radical (unpaired) electrons. The second kappa shape index (κ2) is 3.48. The zero-order valence-corrected chi connectivity index (χ0v) is 7.67. The van der Waals surface area contributed by atoms with Crippen LogP contribution in [-0.4, -0.2) is 18.2 Å². The summed E-state index contributed by atoms with van der Waals surface area (Å²) >= 11 is 3.29. The molecular formula is C7H8BrN3. The van der Waals surface area contributed by atoms with Gasteiger partial charge in [-0.1, -0.05) is 0 Å². The molecule has 2 N–H and O–H groups in total. The molecule has 1 rings (SSSR count). The summed E-state index contributed by atoms with van der Waals surface area (Å²) < 4.78 is 0.904. The number of pyridine rings is 1. The van der Waals surface area contributed by atoms with Crippen molar-refractivity contribution in [2.24, 2.45) is 4.99 Å². The van der Waals surface area contributed by atoms with Crippen molar-refractivity contribution < 1.29 is 0 Å². The van der Waals surface area contributed by atoms with Gasteiger partial charge in [0.1, 0.15) is 5.82 Å². The summed E-state index contributed by atoms with van der Waals surface area (Å²) in [6.07, 6.45) is 3.33. The molecule has 0 bridgehead atoms. The Bertz CT molecular complexity index is 283. The van der Waals surface area contributed by atoms with E-state index in [0.717, 1.165) is 10.0 Å². The molecule has 0 aromatic carbocycles. The minimum Gasteiger partial charge on any atom is -0.383 e. The van der Waals surface area contributed by atoms with Crippen LogP contribution in [0.1, 0.15) is 5.56 Å². The van der Waals surface area contributed by atoms with Crippen LogP contribution in [0, 0.1) is 0 Å². The molecule has 0 saturated heterocycles. The Morgan fingerprint density at radius 3 is 3.09 bits per heavy atom. The molecule has 11 heavy (non-hydrogen) atoms. The van der Waals surface area contributed by atoms with E-state index in [1.807, 2.05) is 6.07 Å². The van der Waals surface area contributed by atoms with E-state index in [4.69, 9.17) is 5.73 Å². The van der Waals surface area contributed by atoms with Gasteiger partial charge in [-0.15, -0.1) is 0 Å². The Labute approximate surface area is 73.5 Å². The van der Waals surface area contributed by atoms with E-state index in [-0.39, 0.29) is 0 Å². The first kappa shape index (κ1) is 8.20. The third-order valence-corrected chi connectivity index (χ3v) is 1.62. The Kier molecular flexibility index (Phi) is 2.59. The second-order valence-electron chi connectivity index (χ2n) is 2.02. The number of halogens is 1. The van der Waals surface area contributed by atoms with Crippen molar-refractivity contribution in [1.29, 1.82) is 0 Å². The summed E-state index contributed by atoms with van der Waals surface area (Å²) in [4.78, 5) is 7.78. The Morgan fingerprint density at radius 2 is 2.45 bits per heavy atom. The van der Waals surface area contributed by atoms with Gasteiger partial charge in [0.15, 0.2) is 0 Å². The zero-order valence-electron chi connectivity index (χ0n) is 6.08. The lowest BCUT2D eigenvalue weighted by atomic mass is 10.3. The van der Waals surface area contributed by atoms with Gasteiger partial charge in [0.2, 0.25) is 0 Å². The third-order valence-electron chi connectivity index (χ3n) is 1.18. The Morgan fingerprint density at radius 1 is 1.73 bits per heavy atom. The minimum atomic E-state index is 0.499. The molecule has 58 valence electrons. The summed E-state index contributed by atoms with van der Waals surface area (Å²) in [5, 5.41) is 0. The normalized spacial score (nSPS) is 10.7. The van der Waals surface area contributed by atoms with Crippen LogP contribution in [0.15, 0.2) is 21.7 Å². The smallest absolute Gasteiger partial charge is 0.132 e. The topological polar surface area (TPSA) is 51.3 Å². The van der Waals surface area contributed by atoms with Crippen molar-refractivity contribution in [2.45, 2.75) is 0 Å². The molecule has 0 unspecified atom stereocenters. The highest BCUT2D eigenvalue weighted by Crippen LogP contribution is 2.13. The lowest BCUT2D eigenvalue weighted by Crippen LogP contribution is -1.96. The molecule has 0 aliphatic carbocycles. The van der Waals surface area contributed by atoms with E-state index in [0.29, 0.717) is 5.82 Å². The number of hydrogen-bond acceptors (Lipinski definition) is 3. The van der Waals surface area contributed by atoms with Crippen LogP contribution in [0.4, 0.5) is 5.82 Å². The Balaban J connectivity index is 3.12. The molecular weight excluding hydrogens is 206 g/mol. The molecule has 0 amide bonds. The van der Waals surface area contributed by atoms with Gasteiger partial charge in [-0.25, -0.2) is 4.98 Å². The fraction of sp³-hybridized carbons (Fsp3) is 0.143. The highest BCUT2D eigenvalue weighted by Gasteiger charge is 1.96. The summed E-state index contributed by atoms with van der Waals surface area (Å²) in [5.41, 5.74) is 6.39. The average molecular weight is 214 g/mol. The van der Waals surface area contributed by atoms with Gasteiger partial charge >= 0.3 is 0 Å².